The van der Waals surface area contributed by atoms with E-state index in [4.69, 9.17) is 14.2 Å². The van der Waals surface area contributed by atoms with Crippen LogP contribution < -0.4 is 19.5 Å². The van der Waals surface area contributed by atoms with Gasteiger partial charge in [0.2, 0.25) is 5.75 Å². The molecule has 0 bridgehead atoms. The number of aromatic nitrogens is 2. The minimum atomic E-state index is -0.279. The zero-order valence-electron chi connectivity index (χ0n) is 15.2. The molecule has 136 valence electrons. The van der Waals surface area contributed by atoms with E-state index in [9.17, 15) is 4.79 Å². The first kappa shape index (κ1) is 17.6. The minimum Gasteiger partial charge on any atom is -0.493 e. The first-order valence-corrected chi connectivity index (χ1v) is 8.17. The number of amides is 1. The fraction of sp³-hybridized carbons (Fsp3) is 0.263. The molecular formula is C19H21N3O4. The maximum absolute atomic E-state index is 12.7. The van der Waals surface area contributed by atoms with Crippen LogP contribution in [0.5, 0.6) is 17.2 Å². The highest BCUT2D eigenvalue weighted by molar-refractivity contribution is 6.05. The van der Waals surface area contributed by atoms with Crippen molar-refractivity contribution in [3.05, 3.63) is 42.2 Å². The number of imidazole rings is 1. The number of aryl methyl sites for hydroxylation is 1. The van der Waals surface area contributed by atoms with E-state index in [1.54, 1.807) is 18.5 Å². The number of fused-ring (bicyclic) bond motifs is 1. The number of hydrogen-bond donors (Lipinski definition) is 1. The Labute approximate surface area is 151 Å². The zero-order chi connectivity index (χ0) is 18.7. The summed E-state index contributed by atoms with van der Waals surface area (Å²) in [6, 6.07) is 8.86. The number of benzene rings is 2. The molecule has 7 heteroatoms. The Morgan fingerprint density at radius 1 is 1.08 bits per heavy atom. The smallest absolute Gasteiger partial charge is 0.255 e. The second kappa shape index (κ2) is 7.35. The van der Waals surface area contributed by atoms with E-state index in [1.807, 2.05) is 22.8 Å². The van der Waals surface area contributed by atoms with Gasteiger partial charge in [0.15, 0.2) is 11.5 Å². The van der Waals surface area contributed by atoms with E-state index in [-0.39, 0.29) is 5.91 Å². The van der Waals surface area contributed by atoms with Crippen molar-refractivity contribution in [1.82, 2.24) is 9.55 Å². The zero-order valence-corrected chi connectivity index (χ0v) is 15.2. The van der Waals surface area contributed by atoms with Crippen LogP contribution in [-0.4, -0.2) is 36.8 Å². The summed E-state index contributed by atoms with van der Waals surface area (Å²) < 4.78 is 17.9. The van der Waals surface area contributed by atoms with Crippen LogP contribution in [0.4, 0.5) is 5.69 Å². The number of rotatable bonds is 6. The molecule has 1 amide bonds. The third-order valence-electron chi connectivity index (χ3n) is 4.15. The number of ether oxygens (including phenoxy) is 3. The van der Waals surface area contributed by atoms with Gasteiger partial charge in [-0.1, -0.05) is 0 Å². The van der Waals surface area contributed by atoms with Gasteiger partial charge in [-0.2, -0.15) is 0 Å². The van der Waals surface area contributed by atoms with Gasteiger partial charge in [0.1, 0.15) is 0 Å². The molecule has 26 heavy (non-hydrogen) atoms. The standard InChI is InChI=1S/C19H21N3O4/c1-5-22-11-20-14-10-13(6-7-15(14)22)21-19(23)12-8-16(24-2)18(26-4)17(9-12)25-3/h6-11H,5H2,1-4H3,(H,21,23). The lowest BCUT2D eigenvalue weighted by Gasteiger charge is -2.14. The largest absolute Gasteiger partial charge is 0.493 e. The van der Waals surface area contributed by atoms with E-state index >= 15 is 0 Å². The highest BCUT2D eigenvalue weighted by atomic mass is 16.5. The van der Waals surface area contributed by atoms with Gasteiger partial charge in [0.05, 0.1) is 38.7 Å². The lowest BCUT2D eigenvalue weighted by atomic mass is 10.1. The van der Waals surface area contributed by atoms with Gasteiger partial charge in [-0.15, -0.1) is 0 Å². The number of nitrogens with zero attached hydrogens (tertiary/aromatic N) is 2. The summed E-state index contributed by atoms with van der Waals surface area (Å²) in [4.78, 5) is 17.0. The highest BCUT2D eigenvalue weighted by Crippen LogP contribution is 2.38. The summed E-state index contributed by atoms with van der Waals surface area (Å²) in [5.74, 6) is 1.01. The lowest BCUT2D eigenvalue weighted by Crippen LogP contribution is -2.12. The summed E-state index contributed by atoms with van der Waals surface area (Å²) in [6.07, 6.45) is 1.79. The maximum atomic E-state index is 12.7. The van der Waals surface area contributed by atoms with Crippen molar-refractivity contribution in [2.45, 2.75) is 13.5 Å². The van der Waals surface area contributed by atoms with E-state index in [0.29, 0.717) is 28.5 Å². The third kappa shape index (κ3) is 3.15. The van der Waals surface area contributed by atoms with Crippen molar-refractivity contribution in [2.24, 2.45) is 0 Å². The number of methoxy groups -OCH3 is 3. The topological polar surface area (TPSA) is 74.6 Å². The number of nitrogens with one attached hydrogen (secondary N) is 1. The summed E-state index contributed by atoms with van der Waals surface area (Å²) in [5, 5.41) is 2.88. The van der Waals surface area contributed by atoms with Crippen molar-refractivity contribution in [2.75, 3.05) is 26.6 Å². The van der Waals surface area contributed by atoms with Gasteiger partial charge >= 0.3 is 0 Å². The van der Waals surface area contributed by atoms with Crippen LogP contribution in [0.2, 0.25) is 0 Å². The molecule has 7 nitrogen and oxygen atoms in total. The predicted octanol–water partition coefficient (Wildman–Crippen LogP) is 3.33. The molecule has 0 spiro atoms. The van der Waals surface area contributed by atoms with Crippen LogP contribution in [0.1, 0.15) is 17.3 Å². The van der Waals surface area contributed by atoms with Gasteiger partial charge < -0.3 is 24.1 Å². The third-order valence-corrected chi connectivity index (χ3v) is 4.15. The molecule has 0 fully saturated rings. The predicted molar refractivity (Wildman–Crippen MR) is 99.5 cm³/mol. The second-order valence-electron chi connectivity index (χ2n) is 5.60. The van der Waals surface area contributed by atoms with Crippen molar-refractivity contribution in [3.8, 4) is 17.2 Å². The first-order valence-electron chi connectivity index (χ1n) is 8.17. The Bertz CT molecular complexity index is 924. The average Bonchev–Trinajstić information content (AvgIpc) is 3.08. The Balaban J connectivity index is 1.90. The average molecular weight is 355 g/mol. The number of carbonyl (C=O) groups is 1. The molecule has 2 aromatic carbocycles. The second-order valence-corrected chi connectivity index (χ2v) is 5.60. The normalized spacial score (nSPS) is 10.6. The van der Waals surface area contributed by atoms with E-state index < -0.39 is 0 Å². The molecule has 0 atom stereocenters. The molecule has 3 aromatic rings. The van der Waals surface area contributed by atoms with E-state index in [1.165, 1.54) is 21.3 Å². The Hall–Kier alpha value is -3.22. The number of carbonyl (C=O) groups excluding carboxylic acids is 1. The van der Waals surface area contributed by atoms with Crippen LogP contribution >= 0.6 is 0 Å². The fourth-order valence-corrected chi connectivity index (χ4v) is 2.81. The van der Waals surface area contributed by atoms with E-state index in [0.717, 1.165) is 17.6 Å². The van der Waals surface area contributed by atoms with E-state index in [2.05, 4.69) is 17.2 Å². The maximum Gasteiger partial charge on any atom is 0.255 e. The van der Waals surface area contributed by atoms with Crippen LogP contribution in [-0.2, 0) is 6.54 Å². The molecule has 0 radical (unpaired) electrons. The van der Waals surface area contributed by atoms with Crippen LogP contribution in [0, 0.1) is 0 Å². The summed E-state index contributed by atoms with van der Waals surface area (Å²) in [5.41, 5.74) is 2.92. The molecule has 1 heterocycles. The summed E-state index contributed by atoms with van der Waals surface area (Å²) in [7, 11) is 4.54. The SMILES string of the molecule is CCn1cnc2cc(NC(=O)c3cc(OC)c(OC)c(OC)c3)ccc21. The Kier molecular flexibility index (Phi) is 4.97. The molecule has 0 aliphatic rings. The minimum absolute atomic E-state index is 0.279. The quantitative estimate of drug-likeness (QED) is 0.734. The van der Waals surface area contributed by atoms with Crippen LogP contribution in [0.15, 0.2) is 36.7 Å². The number of anilines is 1. The van der Waals surface area contributed by atoms with Gasteiger partial charge in [-0.05, 0) is 37.3 Å². The summed E-state index contributed by atoms with van der Waals surface area (Å²) >= 11 is 0. The first-order chi connectivity index (χ1) is 12.6. The van der Waals surface area contributed by atoms with Gasteiger partial charge in [-0.25, -0.2) is 4.98 Å². The van der Waals surface area contributed by atoms with Gasteiger partial charge in [-0.3, -0.25) is 4.79 Å². The molecule has 3 rings (SSSR count). The Morgan fingerprint density at radius 2 is 1.77 bits per heavy atom. The van der Waals surface area contributed by atoms with Crippen molar-refractivity contribution in [1.29, 1.82) is 0 Å². The highest BCUT2D eigenvalue weighted by Gasteiger charge is 2.17. The van der Waals surface area contributed by atoms with Crippen molar-refractivity contribution in [3.63, 3.8) is 0 Å². The van der Waals surface area contributed by atoms with Crippen LogP contribution in [0.3, 0.4) is 0 Å². The van der Waals surface area contributed by atoms with Crippen molar-refractivity contribution < 1.29 is 19.0 Å². The molecule has 0 saturated carbocycles. The molecule has 1 aromatic heterocycles. The van der Waals surface area contributed by atoms with Crippen LogP contribution in [0.25, 0.3) is 11.0 Å². The van der Waals surface area contributed by atoms with Gasteiger partial charge in [0, 0.05) is 17.8 Å². The Morgan fingerprint density at radius 3 is 2.35 bits per heavy atom. The monoisotopic (exact) mass is 355 g/mol. The molecule has 1 N–H and O–H groups in total. The molecule has 0 unspecified atom stereocenters. The molecule has 0 aliphatic heterocycles. The molecule has 0 aliphatic carbocycles. The number of hydrogen-bond acceptors (Lipinski definition) is 5. The van der Waals surface area contributed by atoms with Gasteiger partial charge in [0.25, 0.3) is 5.91 Å². The summed E-state index contributed by atoms with van der Waals surface area (Å²) in [6.45, 7) is 2.90. The molecule has 0 saturated heterocycles. The van der Waals surface area contributed by atoms with Crippen molar-refractivity contribution >= 4 is 22.6 Å². The molecular weight excluding hydrogens is 334 g/mol. The lowest BCUT2D eigenvalue weighted by molar-refractivity contribution is 0.102. The fourth-order valence-electron chi connectivity index (χ4n) is 2.81.